The lowest BCUT2D eigenvalue weighted by atomic mass is 10.1. The maximum atomic E-state index is 12.9. The van der Waals surface area contributed by atoms with Crippen LogP contribution in [0.25, 0.3) is 0 Å². The zero-order valence-corrected chi connectivity index (χ0v) is 13.8. The molecular weight excluding hydrogens is 304 g/mol. The van der Waals surface area contributed by atoms with Gasteiger partial charge in [-0.1, -0.05) is 23.9 Å². The summed E-state index contributed by atoms with van der Waals surface area (Å²) >= 11 is 3.24. The van der Waals surface area contributed by atoms with Crippen LogP contribution in [-0.2, 0) is 9.59 Å². The van der Waals surface area contributed by atoms with Gasteiger partial charge in [-0.05, 0) is 19.1 Å². The molecule has 2 aliphatic heterocycles. The van der Waals surface area contributed by atoms with Crippen molar-refractivity contribution in [3.63, 3.8) is 0 Å². The first-order valence-corrected chi connectivity index (χ1v) is 8.94. The monoisotopic (exact) mass is 322 g/mol. The fourth-order valence-electron chi connectivity index (χ4n) is 2.72. The molecule has 3 rings (SSSR count). The first kappa shape index (κ1) is 14.8. The van der Waals surface area contributed by atoms with Crippen molar-refractivity contribution in [1.29, 1.82) is 0 Å². The summed E-state index contributed by atoms with van der Waals surface area (Å²) in [5.74, 6) is 1.72. The van der Waals surface area contributed by atoms with Gasteiger partial charge in [-0.3, -0.25) is 9.59 Å². The molecule has 0 saturated carbocycles. The molecule has 4 nitrogen and oxygen atoms in total. The van der Waals surface area contributed by atoms with E-state index in [0.29, 0.717) is 0 Å². The van der Waals surface area contributed by atoms with Crippen LogP contribution in [0.4, 0.5) is 5.69 Å². The van der Waals surface area contributed by atoms with Gasteiger partial charge >= 0.3 is 0 Å². The van der Waals surface area contributed by atoms with E-state index < -0.39 is 4.75 Å². The highest BCUT2D eigenvalue weighted by molar-refractivity contribution is 8.02. The number of amides is 2. The third-order valence-electron chi connectivity index (χ3n) is 3.96. The molecule has 1 fully saturated rings. The molecule has 0 aromatic heterocycles. The van der Waals surface area contributed by atoms with E-state index in [0.717, 1.165) is 35.2 Å². The Morgan fingerprint density at radius 2 is 1.90 bits per heavy atom. The van der Waals surface area contributed by atoms with Crippen LogP contribution in [0.1, 0.15) is 6.92 Å². The third-order valence-corrected chi connectivity index (χ3v) is 6.22. The molecule has 0 radical (unpaired) electrons. The van der Waals surface area contributed by atoms with Gasteiger partial charge in [0.1, 0.15) is 0 Å². The molecule has 0 N–H and O–H groups in total. The van der Waals surface area contributed by atoms with Gasteiger partial charge < -0.3 is 9.80 Å². The molecular formula is C15H18N2O2S2. The number of fused-ring (bicyclic) bond motifs is 1. The Morgan fingerprint density at radius 1 is 1.24 bits per heavy atom. The van der Waals surface area contributed by atoms with Gasteiger partial charge in [0.15, 0.2) is 4.75 Å². The third kappa shape index (κ3) is 2.44. The Kier molecular flexibility index (Phi) is 3.92. The standard InChI is InChI=1S/C15H18N2O2S2/c1-15(14(19)17-7-9-20-10-8-17)13(18)16(2)11-5-3-4-6-12(11)21-15/h3-6H,7-10H2,1-2H3. The van der Waals surface area contributed by atoms with Crippen molar-refractivity contribution < 1.29 is 9.59 Å². The fraction of sp³-hybridized carbons (Fsp3) is 0.467. The summed E-state index contributed by atoms with van der Waals surface area (Å²) in [6, 6.07) is 7.75. The summed E-state index contributed by atoms with van der Waals surface area (Å²) in [6.07, 6.45) is 0. The topological polar surface area (TPSA) is 40.6 Å². The number of benzene rings is 1. The highest BCUT2D eigenvalue weighted by Crippen LogP contribution is 2.45. The molecule has 2 amide bonds. The van der Waals surface area contributed by atoms with Crippen LogP contribution < -0.4 is 4.90 Å². The average Bonchev–Trinajstić information content (AvgIpc) is 2.53. The smallest absolute Gasteiger partial charge is 0.252 e. The molecule has 21 heavy (non-hydrogen) atoms. The van der Waals surface area contributed by atoms with E-state index in [9.17, 15) is 9.59 Å². The van der Waals surface area contributed by atoms with E-state index in [1.807, 2.05) is 40.9 Å². The second kappa shape index (κ2) is 5.57. The van der Waals surface area contributed by atoms with Crippen LogP contribution in [0.3, 0.4) is 0 Å². The van der Waals surface area contributed by atoms with E-state index in [1.54, 1.807) is 18.9 Å². The van der Waals surface area contributed by atoms with E-state index >= 15 is 0 Å². The number of nitrogens with zero attached hydrogens (tertiary/aromatic N) is 2. The zero-order chi connectivity index (χ0) is 15.0. The quantitative estimate of drug-likeness (QED) is 0.743. The Labute approximate surface area is 133 Å². The highest BCUT2D eigenvalue weighted by atomic mass is 32.2. The first-order valence-electron chi connectivity index (χ1n) is 6.97. The normalized spacial score (nSPS) is 25.7. The zero-order valence-electron chi connectivity index (χ0n) is 12.2. The SMILES string of the molecule is CN1C(=O)C(C)(C(=O)N2CCSCC2)Sc2ccccc21. The molecule has 1 atom stereocenters. The minimum Gasteiger partial charge on any atom is -0.339 e. The number of para-hydroxylation sites is 1. The molecule has 1 unspecified atom stereocenters. The maximum Gasteiger partial charge on any atom is 0.252 e. The lowest BCUT2D eigenvalue weighted by Gasteiger charge is -2.40. The van der Waals surface area contributed by atoms with Gasteiger partial charge in [-0.25, -0.2) is 0 Å². The van der Waals surface area contributed by atoms with E-state index in [4.69, 9.17) is 0 Å². The largest absolute Gasteiger partial charge is 0.339 e. The van der Waals surface area contributed by atoms with E-state index in [2.05, 4.69) is 0 Å². The second-order valence-corrected chi connectivity index (χ2v) is 8.06. The predicted octanol–water partition coefficient (Wildman–Crippen LogP) is 2.09. The number of anilines is 1. The average molecular weight is 322 g/mol. The Balaban J connectivity index is 1.94. The number of thioether (sulfide) groups is 2. The summed E-state index contributed by atoms with van der Waals surface area (Å²) in [5, 5.41) is 0. The van der Waals surface area contributed by atoms with Crippen molar-refractivity contribution >= 4 is 41.0 Å². The first-order chi connectivity index (χ1) is 10.0. The van der Waals surface area contributed by atoms with Crippen molar-refractivity contribution in [2.45, 2.75) is 16.6 Å². The number of hydrogen-bond acceptors (Lipinski definition) is 4. The van der Waals surface area contributed by atoms with Crippen LogP contribution in [0, 0.1) is 0 Å². The van der Waals surface area contributed by atoms with Gasteiger partial charge in [0.2, 0.25) is 5.91 Å². The molecule has 1 aromatic carbocycles. The fourth-order valence-corrected chi connectivity index (χ4v) is 4.96. The van der Waals surface area contributed by atoms with Gasteiger partial charge in [-0.15, -0.1) is 0 Å². The van der Waals surface area contributed by atoms with Crippen LogP contribution in [-0.4, -0.2) is 53.1 Å². The predicted molar refractivity (Wildman–Crippen MR) is 88.0 cm³/mol. The lowest BCUT2D eigenvalue weighted by molar-refractivity contribution is -0.138. The number of hydrogen-bond donors (Lipinski definition) is 0. The maximum absolute atomic E-state index is 12.9. The molecule has 1 saturated heterocycles. The molecule has 0 bridgehead atoms. The summed E-state index contributed by atoms with van der Waals surface area (Å²) in [7, 11) is 1.75. The van der Waals surface area contributed by atoms with Gasteiger partial charge in [0, 0.05) is 36.5 Å². The van der Waals surface area contributed by atoms with Gasteiger partial charge in [0.25, 0.3) is 5.91 Å². The number of rotatable bonds is 1. The molecule has 2 aliphatic rings. The molecule has 1 aromatic rings. The summed E-state index contributed by atoms with van der Waals surface area (Å²) in [5.41, 5.74) is 0.881. The van der Waals surface area contributed by atoms with Crippen molar-refractivity contribution in [2.75, 3.05) is 36.5 Å². The van der Waals surface area contributed by atoms with Gasteiger partial charge in [-0.2, -0.15) is 11.8 Å². The van der Waals surface area contributed by atoms with E-state index in [-0.39, 0.29) is 11.8 Å². The summed E-state index contributed by atoms with van der Waals surface area (Å²) in [6.45, 7) is 3.23. The highest BCUT2D eigenvalue weighted by Gasteiger charge is 2.50. The number of carbonyl (C=O) groups excluding carboxylic acids is 2. The Morgan fingerprint density at radius 3 is 2.62 bits per heavy atom. The van der Waals surface area contributed by atoms with Crippen molar-refractivity contribution in [1.82, 2.24) is 4.90 Å². The van der Waals surface area contributed by atoms with Crippen LogP contribution in [0.5, 0.6) is 0 Å². The summed E-state index contributed by atoms with van der Waals surface area (Å²) in [4.78, 5) is 30.1. The second-order valence-electron chi connectivity index (χ2n) is 5.37. The molecule has 0 aliphatic carbocycles. The molecule has 6 heteroatoms. The lowest BCUT2D eigenvalue weighted by Crippen LogP contribution is -2.57. The van der Waals surface area contributed by atoms with Crippen molar-refractivity contribution in [2.24, 2.45) is 0 Å². The minimum absolute atomic E-state index is 0.0563. The Bertz CT molecular complexity index is 587. The van der Waals surface area contributed by atoms with Crippen LogP contribution in [0.2, 0.25) is 0 Å². The van der Waals surface area contributed by atoms with Crippen molar-refractivity contribution in [3.05, 3.63) is 24.3 Å². The molecule has 0 spiro atoms. The minimum atomic E-state index is -1.05. The van der Waals surface area contributed by atoms with Crippen molar-refractivity contribution in [3.8, 4) is 0 Å². The van der Waals surface area contributed by atoms with Crippen LogP contribution >= 0.6 is 23.5 Å². The van der Waals surface area contributed by atoms with Crippen LogP contribution in [0.15, 0.2) is 29.2 Å². The molecule has 112 valence electrons. The van der Waals surface area contributed by atoms with Gasteiger partial charge in [0.05, 0.1) is 5.69 Å². The van der Waals surface area contributed by atoms with E-state index in [1.165, 1.54) is 11.8 Å². The number of carbonyl (C=O) groups is 2. The molecule has 2 heterocycles. The Hall–Kier alpha value is -1.14. The summed E-state index contributed by atoms with van der Waals surface area (Å²) < 4.78 is -1.05.